The highest BCUT2D eigenvalue weighted by Gasteiger charge is 2.14. The number of halogens is 1. The monoisotopic (exact) mass is 337 g/mol. The molecule has 0 unspecified atom stereocenters. The van der Waals surface area contributed by atoms with Crippen LogP contribution < -0.4 is 10.7 Å². The number of hydrazone groups is 1. The Morgan fingerprint density at radius 3 is 2.55 bits per heavy atom. The largest absolute Gasteiger partial charge is 0.329 e. The zero-order valence-electron chi connectivity index (χ0n) is 11.0. The minimum absolute atomic E-state index is 0.560. The van der Waals surface area contributed by atoms with Gasteiger partial charge in [-0.05, 0) is 43.9 Å². The molecule has 0 atom stereocenters. The predicted molar refractivity (Wildman–Crippen MR) is 81.4 cm³/mol. The molecule has 1 aliphatic carbocycles. The maximum absolute atomic E-state index is 11.7. The molecule has 106 valence electrons. The van der Waals surface area contributed by atoms with Crippen molar-refractivity contribution in [3.63, 3.8) is 0 Å². The van der Waals surface area contributed by atoms with E-state index in [1.54, 1.807) is 18.2 Å². The minimum Gasteiger partial charge on any atom is -0.318 e. The van der Waals surface area contributed by atoms with Gasteiger partial charge in [-0.15, -0.1) is 0 Å². The summed E-state index contributed by atoms with van der Waals surface area (Å²) in [6.07, 6.45) is 5.19. The smallest absolute Gasteiger partial charge is 0.318 e. The van der Waals surface area contributed by atoms with E-state index in [9.17, 15) is 9.59 Å². The van der Waals surface area contributed by atoms with Gasteiger partial charge in [-0.2, -0.15) is 5.10 Å². The second-order valence-corrected chi connectivity index (χ2v) is 5.56. The van der Waals surface area contributed by atoms with E-state index in [-0.39, 0.29) is 0 Å². The number of hydrogen-bond acceptors (Lipinski definition) is 3. The molecule has 2 amide bonds. The summed E-state index contributed by atoms with van der Waals surface area (Å²) in [6.45, 7) is 0. The summed E-state index contributed by atoms with van der Waals surface area (Å²) in [7, 11) is 0. The topological polar surface area (TPSA) is 70.6 Å². The molecule has 1 aromatic carbocycles. The molecule has 0 aromatic heterocycles. The normalized spacial score (nSPS) is 14.6. The van der Waals surface area contributed by atoms with Crippen molar-refractivity contribution in [2.45, 2.75) is 32.1 Å². The summed E-state index contributed by atoms with van der Waals surface area (Å²) < 4.78 is 0.832. The fourth-order valence-corrected chi connectivity index (χ4v) is 2.41. The zero-order chi connectivity index (χ0) is 14.4. The third kappa shape index (κ3) is 4.45. The van der Waals surface area contributed by atoms with E-state index in [4.69, 9.17) is 0 Å². The third-order valence-electron chi connectivity index (χ3n) is 3.03. The summed E-state index contributed by atoms with van der Waals surface area (Å²) in [4.78, 5) is 23.3. The van der Waals surface area contributed by atoms with Crippen LogP contribution in [0.25, 0.3) is 0 Å². The van der Waals surface area contributed by atoms with Crippen LogP contribution in [-0.4, -0.2) is 17.5 Å². The second kappa shape index (κ2) is 7.19. The lowest BCUT2D eigenvalue weighted by atomic mass is 9.99. The maximum atomic E-state index is 11.7. The van der Waals surface area contributed by atoms with Gasteiger partial charge in [0, 0.05) is 15.9 Å². The highest BCUT2D eigenvalue weighted by atomic mass is 79.9. The van der Waals surface area contributed by atoms with Crippen LogP contribution in [-0.2, 0) is 9.59 Å². The van der Waals surface area contributed by atoms with Crippen LogP contribution in [0.3, 0.4) is 0 Å². The van der Waals surface area contributed by atoms with Crippen LogP contribution >= 0.6 is 15.9 Å². The lowest BCUT2D eigenvalue weighted by molar-refractivity contribution is -0.136. The predicted octanol–water partition coefficient (Wildman–Crippen LogP) is 2.82. The summed E-state index contributed by atoms with van der Waals surface area (Å²) in [5, 5.41) is 6.53. The van der Waals surface area contributed by atoms with E-state index in [0.717, 1.165) is 35.9 Å². The van der Waals surface area contributed by atoms with Crippen LogP contribution in [0.2, 0.25) is 0 Å². The van der Waals surface area contributed by atoms with Gasteiger partial charge < -0.3 is 5.32 Å². The molecule has 2 rings (SSSR count). The SMILES string of the molecule is O=C(NN=C1CCCCC1)C(=O)Nc1cccc(Br)c1. The van der Waals surface area contributed by atoms with Gasteiger partial charge in [-0.25, -0.2) is 5.43 Å². The Hall–Kier alpha value is -1.69. The van der Waals surface area contributed by atoms with Gasteiger partial charge in [-0.1, -0.05) is 28.4 Å². The molecule has 0 heterocycles. The number of nitrogens with zero attached hydrogens (tertiary/aromatic N) is 1. The second-order valence-electron chi connectivity index (χ2n) is 4.64. The summed E-state index contributed by atoms with van der Waals surface area (Å²) >= 11 is 3.30. The van der Waals surface area contributed by atoms with Crippen molar-refractivity contribution in [1.82, 2.24) is 5.43 Å². The van der Waals surface area contributed by atoms with Gasteiger partial charge in [0.2, 0.25) is 0 Å². The standard InChI is InChI=1S/C14H16BrN3O2/c15-10-5-4-8-12(9-10)16-13(19)14(20)18-17-11-6-2-1-3-7-11/h4-5,8-9H,1-3,6-7H2,(H,16,19)(H,18,20). The quantitative estimate of drug-likeness (QED) is 0.643. The van der Waals surface area contributed by atoms with Crippen molar-refractivity contribution in [3.05, 3.63) is 28.7 Å². The van der Waals surface area contributed by atoms with Crippen molar-refractivity contribution < 1.29 is 9.59 Å². The number of hydrogen-bond donors (Lipinski definition) is 2. The molecular formula is C14H16BrN3O2. The van der Waals surface area contributed by atoms with Gasteiger partial charge in [0.15, 0.2) is 0 Å². The third-order valence-corrected chi connectivity index (χ3v) is 3.53. The zero-order valence-corrected chi connectivity index (χ0v) is 12.6. The van der Waals surface area contributed by atoms with Crippen molar-refractivity contribution in [2.24, 2.45) is 5.10 Å². The molecule has 0 saturated heterocycles. The Kier molecular flexibility index (Phi) is 5.29. The molecule has 0 spiro atoms. The van der Waals surface area contributed by atoms with Gasteiger partial charge in [0.1, 0.15) is 0 Å². The Bertz CT molecular complexity index is 535. The Labute approximate surface area is 126 Å². The fraction of sp³-hybridized carbons (Fsp3) is 0.357. The van der Waals surface area contributed by atoms with Gasteiger partial charge in [-0.3, -0.25) is 9.59 Å². The first-order chi connectivity index (χ1) is 9.65. The molecule has 2 N–H and O–H groups in total. The van der Waals surface area contributed by atoms with Crippen LogP contribution in [0.5, 0.6) is 0 Å². The number of rotatable bonds is 2. The van der Waals surface area contributed by atoms with Gasteiger partial charge in [0.05, 0.1) is 0 Å². The molecular weight excluding hydrogens is 322 g/mol. The number of carbonyl (C=O) groups is 2. The highest BCUT2D eigenvalue weighted by Crippen LogP contribution is 2.16. The molecule has 1 aliphatic rings. The molecule has 1 aromatic rings. The fourth-order valence-electron chi connectivity index (χ4n) is 2.01. The number of amides is 2. The number of benzene rings is 1. The summed E-state index contributed by atoms with van der Waals surface area (Å²) in [5.74, 6) is -1.47. The van der Waals surface area contributed by atoms with Crippen molar-refractivity contribution in [2.75, 3.05) is 5.32 Å². The van der Waals surface area contributed by atoms with E-state index in [1.165, 1.54) is 6.42 Å². The first-order valence-corrected chi connectivity index (χ1v) is 7.37. The Balaban J connectivity index is 1.87. The Morgan fingerprint density at radius 1 is 1.10 bits per heavy atom. The molecule has 1 fully saturated rings. The Morgan fingerprint density at radius 2 is 1.85 bits per heavy atom. The van der Waals surface area contributed by atoms with Crippen molar-refractivity contribution in [3.8, 4) is 0 Å². The highest BCUT2D eigenvalue weighted by molar-refractivity contribution is 9.10. The van der Waals surface area contributed by atoms with E-state index < -0.39 is 11.8 Å². The van der Waals surface area contributed by atoms with Crippen molar-refractivity contribution >= 4 is 39.1 Å². The molecule has 0 radical (unpaired) electrons. The molecule has 1 saturated carbocycles. The molecule has 6 heteroatoms. The number of carbonyl (C=O) groups excluding carboxylic acids is 2. The first-order valence-electron chi connectivity index (χ1n) is 6.57. The number of anilines is 1. The molecule has 0 bridgehead atoms. The van der Waals surface area contributed by atoms with E-state index in [2.05, 4.69) is 31.8 Å². The lowest BCUT2D eigenvalue weighted by Crippen LogP contribution is -2.33. The van der Waals surface area contributed by atoms with E-state index in [1.807, 2.05) is 6.07 Å². The summed E-state index contributed by atoms with van der Waals surface area (Å²) in [6, 6.07) is 7.05. The average Bonchev–Trinajstić information content (AvgIpc) is 2.46. The van der Waals surface area contributed by atoms with Crippen LogP contribution in [0.1, 0.15) is 32.1 Å². The lowest BCUT2D eigenvalue weighted by Gasteiger charge is -2.11. The minimum atomic E-state index is -0.747. The van der Waals surface area contributed by atoms with Crippen molar-refractivity contribution in [1.29, 1.82) is 0 Å². The number of nitrogens with one attached hydrogen (secondary N) is 2. The van der Waals surface area contributed by atoms with E-state index in [0.29, 0.717) is 5.69 Å². The van der Waals surface area contributed by atoms with Crippen LogP contribution in [0, 0.1) is 0 Å². The summed E-state index contributed by atoms with van der Waals surface area (Å²) in [5.41, 5.74) is 3.83. The van der Waals surface area contributed by atoms with Crippen LogP contribution in [0.15, 0.2) is 33.8 Å². The van der Waals surface area contributed by atoms with E-state index >= 15 is 0 Å². The maximum Gasteiger partial charge on any atom is 0.329 e. The molecule has 20 heavy (non-hydrogen) atoms. The first kappa shape index (κ1) is 14.7. The molecule has 0 aliphatic heterocycles. The van der Waals surface area contributed by atoms with Gasteiger partial charge in [0.25, 0.3) is 0 Å². The molecule has 5 nitrogen and oxygen atoms in total. The van der Waals surface area contributed by atoms with Crippen LogP contribution in [0.4, 0.5) is 5.69 Å². The van der Waals surface area contributed by atoms with Gasteiger partial charge >= 0.3 is 11.8 Å². The average molecular weight is 338 g/mol.